The van der Waals surface area contributed by atoms with Gasteiger partial charge in [0.25, 0.3) is 0 Å². The molecular weight excluding hydrogens is 559 g/mol. The van der Waals surface area contributed by atoms with Crippen LogP contribution in [0.3, 0.4) is 0 Å². The highest BCUT2D eigenvalue weighted by atomic mass is 32.2. The highest BCUT2D eigenvalue weighted by Crippen LogP contribution is 2.42. The number of anilines is 6. The topological polar surface area (TPSA) is 47.5 Å². The summed E-state index contributed by atoms with van der Waals surface area (Å²) in [5, 5.41) is 18.2. The number of thioether (sulfide) groups is 1. The van der Waals surface area contributed by atoms with Crippen LogP contribution < -0.4 is 15.5 Å². The lowest BCUT2D eigenvalue weighted by molar-refractivity contribution is 0.422. The summed E-state index contributed by atoms with van der Waals surface area (Å²) in [5.41, 5.74) is 8.01. The molecule has 0 spiro atoms. The molecule has 0 amide bonds. The van der Waals surface area contributed by atoms with Crippen molar-refractivity contribution in [2.24, 2.45) is 0 Å². The van der Waals surface area contributed by atoms with Crippen LogP contribution in [0.5, 0.6) is 5.75 Å². The molecule has 0 aromatic heterocycles. The van der Waals surface area contributed by atoms with Crippen molar-refractivity contribution in [2.75, 3.05) is 21.4 Å². The van der Waals surface area contributed by atoms with Crippen molar-refractivity contribution in [1.29, 1.82) is 0 Å². The van der Waals surface area contributed by atoms with Crippen molar-refractivity contribution in [3.8, 4) is 5.75 Å². The summed E-state index contributed by atoms with van der Waals surface area (Å²) < 4.78 is 0. The number of aromatic hydroxyl groups is 1. The van der Waals surface area contributed by atoms with Gasteiger partial charge in [0.1, 0.15) is 5.75 Å². The number of hydrogen-bond acceptors (Lipinski definition) is 5. The Morgan fingerprint density at radius 3 is 1.27 bits per heavy atom. The van der Waals surface area contributed by atoms with Crippen LogP contribution in [-0.2, 0) is 10.8 Å². The van der Waals surface area contributed by atoms with E-state index in [2.05, 4.69) is 142 Å². The number of phenols is 1. The molecule has 0 unspecified atom stereocenters. The summed E-state index contributed by atoms with van der Waals surface area (Å²) in [7, 11) is 0. The van der Waals surface area contributed by atoms with Gasteiger partial charge in [0.15, 0.2) is 0 Å². The van der Waals surface area contributed by atoms with E-state index in [9.17, 15) is 5.11 Å². The zero-order chi connectivity index (χ0) is 31.3. The first kappa shape index (κ1) is 31.1. The lowest BCUT2D eigenvalue weighted by Crippen LogP contribution is -2.18. The Balaban J connectivity index is 1.45. The molecule has 226 valence electrons. The molecule has 3 N–H and O–H groups in total. The van der Waals surface area contributed by atoms with Crippen LogP contribution in [0, 0.1) is 0 Å². The van der Waals surface area contributed by atoms with Crippen molar-refractivity contribution in [1.82, 2.24) is 0 Å². The van der Waals surface area contributed by atoms with Crippen molar-refractivity contribution < 1.29 is 5.11 Å². The summed E-state index contributed by atoms with van der Waals surface area (Å²) in [6.45, 7) is 12.9. The predicted molar refractivity (Wildman–Crippen MR) is 191 cm³/mol. The Hall–Kier alpha value is -4.35. The van der Waals surface area contributed by atoms with Crippen molar-refractivity contribution in [2.45, 2.75) is 57.3 Å². The minimum absolute atomic E-state index is 0.177. The minimum Gasteiger partial charge on any atom is -0.507 e. The van der Waals surface area contributed by atoms with Crippen LogP contribution in [0.2, 0.25) is 0 Å². The van der Waals surface area contributed by atoms with E-state index in [0.717, 1.165) is 50.1 Å². The van der Waals surface area contributed by atoms with E-state index < -0.39 is 0 Å². The van der Waals surface area contributed by atoms with Gasteiger partial charge < -0.3 is 20.6 Å². The molecule has 0 aliphatic heterocycles. The molecule has 0 atom stereocenters. The Bertz CT molecular complexity index is 1530. The standard InChI is InChI=1S/C39H43N3OS/c1-38(2,3)35-25-34(26-36(37(35)43)39(4,5)6)44-27-42(32-21-17-30(18-22-32)40-28-13-9-7-10-14-28)33-23-19-31(20-24-33)41-29-15-11-8-12-16-29/h7-26,40-41,43H,27H2,1-6H3. The second-order valence-corrected chi connectivity index (χ2v) is 14.2. The van der Waals surface area contributed by atoms with E-state index in [1.165, 1.54) is 0 Å². The third kappa shape index (κ3) is 7.78. The first-order valence-electron chi connectivity index (χ1n) is 15.1. The molecule has 0 aliphatic rings. The van der Waals surface area contributed by atoms with Crippen LogP contribution in [-0.4, -0.2) is 11.0 Å². The molecule has 5 rings (SSSR count). The molecule has 0 fully saturated rings. The molecule has 0 radical (unpaired) electrons. The lowest BCUT2D eigenvalue weighted by Gasteiger charge is -2.29. The SMILES string of the molecule is CC(C)(C)c1cc(SCN(c2ccc(Nc3ccccc3)cc2)c2ccc(Nc3ccccc3)cc2)cc(C(C)(C)C)c1O. The number of hydrogen-bond donors (Lipinski definition) is 3. The molecule has 5 aromatic rings. The van der Waals surface area contributed by atoms with Crippen LogP contribution >= 0.6 is 11.8 Å². The van der Waals surface area contributed by atoms with Gasteiger partial charge in [0.05, 0.1) is 5.88 Å². The minimum atomic E-state index is -0.177. The molecule has 4 nitrogen and oxygen atoms in total. The fourth-order valence-electron chi connectivity index (χ4n) is 5.10. The summed E-state index contributed by atoms with van der Waals surface area (Å²) in [6.07, 6.45) is 0. The summed E-state index contributed by atoms with van der Waals surface area (Å²) in [4.78, 5) is 3.48. The van der Waals surface area contributed by atoms with Gasteiger partial charge in [-0.25, -0.2) is 0 Å². The Morgan fingerprint density at radius 2 is 0.909 bits per heavy atom. The van der Waals surface area contributed by atoms with Crippen LogP contribution in [0.4, 0.5) is 34.1 Å². The molecule has 0 saturated heterocycles. The monoisotopic (exact) mass is 601 g/mol. The Morgan fingerprint density at radius 1 is 0.545 bits per heavy atom. The lowest BCUT2D eigenvalue weighted by atomic mass is 9.79. The molecule has 0 saturated carbocycles. The maximum absolute atomic E-state index is 11.2. The van der Waals surface area contributed by atoms with E-state index in [1.54, 1.807) is 11.8 Å². The van der Waals surface area contributed by atoms with Gasteiger partial charge in [-0.2, -0.15) is 0 Å². The van der Waals surface area contributed by atoms with E-state index in [-0.39, 0.29) is 10.8 Å². The Labute approximate surface area is 267 Å². The molecule has 0 bridgehead atoms. The fourth-order valence-corrected chi connectivity index (χ4v) is 6.08. The number of phenolic OH excluding ortho intramolecular Hbond substituents is 1. The van der Waals surface area contributed by atoms with E-state index >= 15 is 0 Å². The van der Waals surface area contributed by atoms with Gasteiger partial charge in [0, 0.05) is 50.1 Å². The summed E-state index contributed by atoms with van der Waals surface area (Å²) >= 11 is 1.78. The average molecular weight is 602 g/mol. The van der Waals surface area contributed by atoms with E-state index in [1.807, 2.05) is 36.4 Å². The van der Waals surface area contributed by atoms with Crippen LogP contribution in [0.25, 0.3) is 0 Å². The fraction of sp³-hybridized carbons (Fsp3) is 0.231. The van der Waals surface area contributed by atoms with Crippen molar-refractivity contribution in [3.63, 3.8) is 0 Å². The number of nitrogens with one attached hydrogen (secondary N) is 2. The van der Waals surface area contributed by atoms with Gasteiger partial charge in [-0.05, 0) is 95.8 Å². The molecule has 0 heterocycles. The highest BCUT2D eigenvalue weighted by molar-refractivity contribution is 7.99. The smallest absolute Gasteiger partial charge is 0.123 e. The largest absolute Gasteiger partial charge is 0.507 e. The normalized spacial score (nSPS) is 11.7. The van der Waals surface area contributed by atoms with E-state index in [0.29, 0.717) is 11.6 Å². The van der Waals surface area contributed by atoms with Gasteiger partial charge in [-0.1, -0.05) is 77.9 Å². The molecule has 0 aliphatic carbocycles. The summed E-state index contributed by atoms with van der Waals surface area (Å²) in [6, 6.07) is 41.9. The number of benzene rings is 5. The second-order valence-electron chi connectivity index (χ2n) is 13.1. The number of rotatable bonds is 9. The van der Waals surface area contributed by atoms with Gasteiger partial charge >= 0.3 is 0 Å². The zero-order valence-corrected chi connectivity index (χ0v) is 27.4. The number of para-hydroxylation sites is 2. The molecular formula is C39H43N3OS. The quantitative estimate of drug-likeness (QED) is 0.116. The van der Waals surface area contributed by atoms with Crippen LogP contribution in [0.15, 0.2) is 126 Å². The third-order valence-electron chi connectivity index (χ3n) is 7.54. The first-order chi connectivity index (χ1) is 21.0. The zero-order valence-electron chi connectivity index (χ0n) is 26.6. The Kier molecular flexibility index (Phi) is 9.26. The predicted octanol–water partition coefficient (Wildman–Crippen LogP) is 11.4. The van der Waals surface area contributed by atoms with Gasteiger partial charge in [0.2, 0.25) is 0 Å². The first-order valence-corrected chi connectivity index (χ1v) is 16.1. The second kappa shape index (κ2) is 13.1. The average Bonchev–Trinajstić information content (AvgIpc) is 2.99. The van der Waals surface area contributed by atoms with Crippen LogP contribution in [0.1, 0.15) is 52.7 Å². The molecule has 44 heavy (non-hydrogen) atoms. The number of nitrogens with zero attached hydrogens (tertiary/aromatic N) is 1. The third-order valence-corrected chi connectivity index (χ3v) is 8.50. The maximum Gasteiger partial charge on any atom is 0.123 e. The van der Waals surface area contributed by atoms with Gasteiger partial charge in [-0.15, -0.1) is 11.8 Å². The van der Waals surface area contributed by atoms with Crippen molar-refractivity contribution >= 4 is 45.9 Å². The van der Waals surface area contributed by atoms with E-state index in [4.69, 9.17) is 0 Å². The van der Waals surface area contributed by atoms with Crippen molar-refractivity contribution in [3.05, 3.63) is 132 Å². The highest BCUT2D eigenvalue weighted by Gasteiger charge is 2.27. The maximum atomic E-state index is 11.2. The summed E-state index contributed by atoms with van der Waals surface area (Å²) in [5.74, 6) is 1.11. The molecule has 5 aromatic carbocycles. The molecule has 5 heteroatoms. The van der Waals surface area contributed by atoms with Gasteiger partial charge in [-0.3, -0.25) is 0 Å².